The number of hydrogen-bond acceptors (Lipinski definition) is 3. The van der Waals surface area contributed by atoms with E-state index in [1.165, 1.54) is 5.56 Å². The van der Waals surface area contributed by atoms with Crippen LogP contribution in [-0.2, 0) is 19.8 Å². The molecule has 3 aromatic rings. The summed E-state index contributed by atoms with van der Waals surface area (Å²) >= 11 is 11.8. The van der Waals surface area contributed by atoms with Crippen molar-refractivity contribution in [3.8, 4) is 11.4 Å². The monoisotopic (exact) mass is 372 g/mol. The van der Waals surface area contributed by atoms with E-state index in [1.807, 2.05) is 39.6 Å². The van der Waals surface area contributed by atoms with Gasteiger partial charge in [-0.05, 0) is 43.9 Å². The van der Waals surface area contributed by atoms with Crippen LogP contribution in [0.3, 0.4) is 0 Å². The van der Waals surface area contributed by atoms with Crippen molar-refractivity contribution >= 4 is 23.8 Å². The van der Waals surface area contributed by atoms with Crippen molar-refractivity contribution in [2.24, 2.45) is 0 Å². The largest absolute Gasteiger partial charge is 0.300 e. The molecule has 0 spiro atoms. The number of nitrogens with zero attached hydrogens (tertiary/aromatic N) is 4. The van der Waals surface area contributed by atoms with Gasteiger partial charge in [-0.1, -0.05) is 54.1 Å². The molecule has 0 N–H and O–H groups in total. The van der Waals surface area contributed by atoms with E-state index in [-0.39, 0.29) is 0 Å². The van der Waals surface area contributed by atoms with Crippen LogP contribution in [-0.4, -0.2) is 26.3 Å². The summed E-state index contributed by atoms with van der Waals surface area (Å²) in [5, 5.41) is 5.44. The molecule has 0 bridgehead atoms. The minimum Gasteiger partial charge on any atom is -0.300 e. The molecule has 0 saturated heterocycles. The molecule has 1 heterocycles. The Morgan fingerprint density at radius 2 is 1.88 bits per heavy atom. The lowest BCUT2D eigenvalue weighted by Crippen LogP contribution is -2.22. The average molecular weight is 373 g/mol. The normalized spacial score (nSPS) is 11.2. The third-order valence-electron chi connectivity index (χ3n) is 3.99. The lowest BCUT2D eigenvalue weighted by atomic mass is 10.2. The fraction of sp³-hybridized carbons (Fsp3) is 0.263. The maximum Gasteiger partial charge on any atom is 0.199 e. The van der Waals surface area contributed by atoms with Crippen molar-refractivity contribution in [3.63, 3.8) is 0 Å². The van der Waals surface area contributed by atoms with Crippen LogP contribution in [0, 0.1) is 4.77 Å². The van der Waals surface area contributed by atoms with E-state index in [2.05, 4.69) is 43.1 Å². The second-order valence-electron chi connectivity index (χ2n) is 6.00. The Hall–Kier alpha value is -1.95. The van der Waals surface area contributed by atoms with Gasteiger partial charge in [0.2, 0.25) is 0 Å². The second kappa shape index (κ2) is 7.95. The number of aromatic nitrogens is 3. The number of benzene rings is 2. The molecule has 25 heavy (non-hydrogen) atoms. The molecule has 0 aliphatic carbocycles. The Bertz CT molecular complexity index is 901. The summed E-state index contributed by atoms with van der Waals surface area (Å²) in [6.07, 6.45) is 0. The molecule has 0 aliphatic heterocycles. The van der Waals surface area contributed by atoms with Gasteiger partial charge in [-0.3, -0.25) is 4.90 Å². The Balaban J connectivity index is 1.86. The maximum atomic E-state index is 6.13. The molecular formula is C19H21ClN4S. The lowest BCUT2D eigenvalue weighted by Gasteiger charge is -2.16. The van der Waals surface area contributed by atoms with E-state index in [0.717, 1.165) is 29.2 Å². The van der Waals surface area contributed by atoms with Crippen molar-refractivity contribution < 1.29 is 0 Å². The molecule has 2 aromatic carbocycles. The first kappa shape index (κ1) is 17.9. The van der Waals surface area contributed by atoms with Crippen LogP contribution in [0.4, 0.5) is 0 Å². The smallest absolute Gasteiger partial charge is 0.199 e. The first-order valence-electron chi connectivity index (χ1n) is 8.24. The molecule has 1 aromatic heterocycles. The van der Waals surface area contributed by atoms with E-state index >= 15 is 0 Å². The van der Waals surface area contributed by atoms with Gasteiger partial charge in [-0.2, -0.15) is 5.10 Å². The van der Waals surface area contributed by atoms with E-state index < -0.39 is 0 Å². The Morgan fingerprint density at radius 1 is 1.12 bits per heavy atom. The first-order valence-corrected chi connectivity index (χ1v) is 9.03. The van der Waals surface area contributed by atoms with Gasteiger partial charge >= 0.3 is 0 Å². The van der Waals surface area contributed by atoms with Crippen LogP contribution < -0.4 is 0 Å². The van der Waals surface area contributed by atoms with Gasteiger partial charge in [0.25, 0.3) is 0 Å². The summed E-state index contributed by atoms with van der Waals surface area (Å²) in [7, 11) is 2.07. The van der Waals surface area contributed by atoms with Gasteiger partial charge in [0.05, 0.1) is 6.67 Å². The molecule has 6 heteroatoms. The third kappa shape index (κ3) is 4.18. The minimum absolute atomic E-state index is 0.633. The number of halogens is 1. The van der Waals surface area contributed by atoms with Crippen LogP contribution >= 0.6 is 23.8 Å². The fourth-order valence-corrected chi connectivity index (χ4v) is 3.34. The highest BCUT2D eigenvalue weighted by Gasteiger charge is 2.13. The van der Waals surface area contributed by atoms with Gasteiger partial charge in [0, 0.05) is 23.7 Å². The van der Waals surface area contributed by atoms with E-state index in [4.69, 9.17) is 28.9 Å². The first-order chi connectivity index (χ1) is 12.1. The summed E-state index contributed by atoms with van der Waals surface area (Å²) in [5.41, 5.74) is 2.24. The van der Waals surface area contributed by atoms with Gasteiger partial charge in [-0.25, -0.2) is 4.68 Å². The molecule has 0 aliphatic rings. The molecule has 0 fully saturated rings. The van der Waals surface area contributed by atoms with Crippen LogP contribution in [0.5, 0.6) is 0 Å². The number of rotatable bonds is 6. The number of hydrogen-bond donors (Lipinski definition) is 0. The Morgan fingerprint density at radius 3 is 2.56 bits per heavy atom. The summed E-state index contributed by atoms with van der Waals surface area (Å²) in [6.45, 7) is 4.31. The van der Waals surface area contributed by atoms with Gasteiger partial charge in [0.1, 0.15) is 0 Å². The van der Waals surface area contributed by atoms with Crippen LogP contribution in [0.25, 0.3) is 11.4 Å². The predicted molar refractivity (Wildman–Crippen MR) is 105 cm³/mol. The summed E-state index contributed by atoms with van der Waals surface area (Å²) in [4.78, 5) is 2.19. The standard InChI is InChI=1S/C19H21ClN4S/c1-3-23-18(16-10-7-11-17(20)12-16)21-24(19(23)25)14-22(2)13-15-8-5-4-6-9-15/h4-12H,3,13-14H2,1-2H3. The highest BCUT2D eigenvalue weighted by atomic mass is 35.5. The van der Waals surface area contributed by atoms with Crippen molar-refractivity contribution in [3.05, 3.63) is 70.0 Å². The molecular weight excluding hydrogens is 352 g/mol. The summed E-state index contributed by atoms with van der Waals surface area (Å²) < 4.78 is 4.63. The Kier molecular flexibility index (Phi) is 5.68. The maximum absolute atomic E-state index is 6.13. The zero-order valence-corrected chi connectivity index (χ0v) is 16.0. The highest BCUT2D eigenvalue weighted by Crippen LogP contribution is 2.22. The van der Waals surface area contributed by atoms with Crippen molar-refractivity contribution in [2.75, 3.05) is 7.05 Å². The fourth-order valence-electron chi connectivity index (χ4n) is 2.83. The molecule has 4 nitrogen and oxygen atoms in total. The van der Waals surface area contributed by atoms with Gasteiger partial charge in [-0.15, -0.1) is 0 Å². The molecule has 0 amide bonds. The molecule has 3 rings (SSSR count). The van der Waals surface area contributed by atoms with Crippen LogP contribution in [0.2, 0.25) is 5.02 Å². The lowest BCUT2D eigenvalue weighted by molar-refractivity contribution is 0.244. The van der Waals surface area contributed by atoms with Crippen LogP contribution in [0.15, 0.2) is 54.6 Å². The van der Waals surface area contributed by atoms with Crippen molar-refractivity contribution in [1.82, 2.24) is 19.2 Å². The zero-order chi connectivity index (χ0) is 17.8. The van der Waals surface area contributed by atoms with E-state index in [0.29, 0.717) is 11.7 Å². The molecule has 130 valence electrons. The van der Waals surface area contributed by atoms with Crippen molar-refractivity contribution in [2.45, 2.75) is 26.7 Å². The zero-order valence-electron chi connectivity index (χ0n) is 14.4. The summed E-state index contributed by atoms with van der Waals surface area (Å²) in [6, 6.07) is 18.1. The summed E-state index contributed by atoms with van der Waals surface area (Å²) in [5.74, 6) is 0.850. The van der Waals surface area contributed by atoms with E-state index in [9.17, 15) is 0 Å². The van der Waals surface area contributed by atoms with Gasteiger partial charge in [0.15, 0.2) is 10.6 Å². The van der Waals surface area contributed by atoms with Crippen molar-refractivity contribution in [1.29, 1.82) is 0 Å². The van der Waals surface area contributed by atoms with Gasteiger partial charge < -0.3 is 4.57 Å². The quantitative estimate of drug-likeness (QED) is 0.579. The predicted octanol–water partition coefficient (Wildman–Crippen LogP) is 4.84. The molecule has 0 radical (unpaired) electrons. The average Bonchev–Trinajstić information content (AvgIpc) is 2.91. The third-order valence-corrected chi connectivity index (χ3v) is 4.66. The van der Waals surface area contributed by atoms with Crippen LogP contribution in [0.1, 0.15) is 12.5 Å². The second-order valence-corrected chi connectivity index (χ2v) is 6.80. The molecule has 0 atom stereocenters. The topological polar surface area (TPSA) is 26.0 Å². The minimum atomic E-state index is 0.633. The molecule has 0 unspecified atom stereocenters. The highest BCUT2D eigenvalue weighted by molar-refractivity contribution is 7.71. The SMILES string of the molecule is CCn1c(-c2cccc(Cl)c2)nn(CN(C)Cc2ccccc2)c1=S. The van der Waals surface area contributed by atoms with E-state index in [1.54, 1.807) is 0 Å². The molecule has 0 saturated carbocycles. The Labute approximate surface area is 158 Å².